The summed E-state index contributed by atoms with van der Waals surface area (Å²) in [4.78, 5) is 23.2. The van der Waals surface area contributed by atoms with Crippen LogP contribution in [0.5, 0.6) is 0 Å². The van der Waals surface area contributed by atoms with E-state index < -0.39 is 0 Å². The Labute approximate surface area is 117 Å². The number of benzene rings is 2. The highest BCUT2D eigenvalue weighted by atomic mass is 79.9. The standard InChI is InChI=1S/C15H10BrNO2/c16-10-5-6-14-13(9-10)11-3-1-2-4-12(11)15(19)17(14)7-8-18/h1-6,8-9H,7H2. The second kappa shape index (κ2) is 4.63. The number of nitrogens with zero attached hydrogens (tertiary/aromatic N) is 1. The number of rotatable bonds is 2. The van der Waals surface area contributed by atoms with Crippen molar-refractivity contribution in [1.82, 2.24) is 4.57 Å². The third kappa shape index (κ3) is 1.88. The van der Waals surface area contributed by atoms with E-state index in [-0.39, 0.29) is 12.1 Å². The van der Waals surface area contributed by atoms with Gasteiger partial charge in [-0.05, 0) is 29.7 Å². The van der Waals surface area contributed by atoms with Crippen molar-refractivity contribution < 1.29 is 4.79 Å². The third-order valence-corrected chi connectivity index (χ3v) is 3.69. The molecular formula is C15H10BrNO2. The van der Waals surface area contributed by atoms with Gasteiger partial charge in [-0.2, -0.15) is 0 Å². The first-order chi connectivity index (χ1) is 9.22. The number of aldehydes is 1. The Hall–Kier alpha value is -1.94. The minimum Gasteiger partial charge on any atom is -0.301 e. The summed E-state index contributed by atoms with van der Waals surface area (Å²) in [6, 6.07) is 13.2. The molecule has 0 saturated heterocycles. The molecule has 0 bridgehead atoms. The van der Waals surface area contributed by atoms with Gasteiger partial charge in [-0.1, -0.05) is 34.1 Å². The van der Waals surface area contributed by atoms with Gasteiger partial charge in [0.05, 0.1) is 12.1 Å². The van der Waals surface area contributed by atoms with Crippen LogP contribution in [0.2, 0.25) is 0 Å². The summed E-state index contributed by atoms with van der Waals surface area (Å²) in [6.45, 7) is 0.0712. The van der Waals surface area contributed by atoms with Crippen molar-refractivity contribution in [3.05, 3.63) is 57.3 Å². The van der Waals surface area contributed by atoms with Gasteiger partial charge in [-0.3, -0.25) is 4.79 Å². The van der Waals surface area contributed by atoms with Crippen LogP contribution in [0.4, 0.5) is 0 Å². The SMILES string of the molecule is O=CCn1c(=O)c2ccccc2c2cc(Br)ccc21. The van der Waals surface area contributed by atoms with Crippen molar-refractivity contribution in [2.75, 3.05) is 0 Å². The predicted molar refractivity (Wildman–Crippen MR) is 79.5 cm³/mol. The number of fused-ring (bicyclic) bond motifs is 3. The number of carbonyl (C=O) groups excluding carboxylic acids is 1. The molecule has 94 valence electrons. The monoisotopic (exact) mass is 315 g/mol. The summed E-state index contributed by atoms with van der Waals surface area (Å²) in [6.07, 6.45) is 0.748. The van der Waals surface area contributed by atoms with Gasteiger partial charge in [0.2, 0.25) is 0 Å². The molecular weight excluding hydrogens is 306 g/mol. The van der Waals surface area contributed by atoms with Crippen molar-refractivity contribution in [3.63, 3.8) is 0 Å². The lowest BCUT2D eigenvalue weighted by atomic mass is 10.1. The van der Waals surface area contributed by atoms with Gasteiger partial charge in [-0.25, -0.2) is 0 Å². The minimum atomic E-state index is -0.127. The van der Waals surface area contributed by atoms with Crippen LogP contribution in [-0.4, -0.2) is 10.9 Å². The zero-order chi connectivity index (χ0) is 13.4. The zero-order valence-corrected chi connectivity index (χ0v) is 11.6. The van der Waals surface area contributed by atoms with Crippen LogP contribution >= 0.6 is 15.9 Å². The summed E-state index contributed by atoms with van der Waals surface area (Å²) < 4.78 is 2.46. The molecule has 0 fully saturated rings. The van der Waals surface area contributed by atoms with Crippen molar-refractivity contribution in [2.45, 2.75) is 6.54 Å². The zero-order valence-electron chi connectivity index (χ0n) is 9.97. The molecule has 0 spiro atoms. The van der Waals surface area contributed by atoms with E-state index in [0.717, 1.165) is 27.0 Å². The molecule has 0 saturated carbocycles. The lowest BCUT2D eigenvalue weighted by Gasteiger charge is -2.11. The molecule has 0 aliphatic heterocycles. The van der Waals surface area contributed by atoms with E-state index in [4.69, 9.17) is 0 Å². The van der Waals surface area contributed by atoms with Crippen LogP contribution in [0, 0.1) is 0 Å². The smallest absolute Gasteiger partial charge is 0.259 e. The molecule has 1 aromatic heterocycles. The number of carbonyl (C=O) groups is 1. The molecule has 0 unspecified atom stereocenters. The highest BCUT2D eigenvalue weighted by Gasteiger charge is 2.10. The molecule has 0 N–H and O–H groups in total. The number of pyridine rings is 1. The van der Waals surface area contributed by atoms with Crippen LogP contribution in [-0.2, 0) is 11.3 Å². The molecule has 3 aromatic rings. The normalized spacial score (nSPS) is 11.0. The first-order valence-corrected chi connectivity index (χ1v) is 6.66. The van der Waals surface area contributed by atoms with E-state index in [1.165, 1.54) is 4.57 Å². The summed E-state index contributed by atoms with van der Waals surface area (Å²) >= 11 is 3.44. The predicted octanol–water partition coefficient (Wildman–Crippen LogP) is 3.12. The number of hydrogen-bond donors (Lipinski definition) is 0. The lowest BCUT2D eigenvalue weighted by Crippen LogP contribution is -2.21. The quantitative estimate of drug-likeness (QED) is 0.538. The van der Waals surface area contributed by atoms with E-state index in [1.54, 1.807) is 6.07 Å². The molecule has 3 nitrogen and oxygen atoms in total. The van der Waals surface area contributed by atoms with Gasteiger partial charge in [0.15, 0.2) is 0 Å². The van der Waals surface area contributed by atoms with Crippen molar-refractivity contribution >= 4 is 43.9 Å². The molecule has 0 atom stereocenters. The minimum absolute atomic E-state index is 0.0712. The lowest BCUT2D eigenvalue weighted by molar-refractivity contribution is -0.108. The fraction of sp³-hybridized carbons (Fsp3) is 0.0667. The Kier molecular flexibility index (Phi) is 2.95. The molecule has 19 heavy (non-hydrogen) atoms. The molecule has 1 heterocycles. The molecule has 4 heteroatoms. The van der Waals surface area contributed by atoms with E-state index >= 15 is 0 Å². The van der Waals surface area contributed by atoms with E-state index in [9.17, 15) is 9.59 Å². The van der Waals surface area contributed by atoms with Crippen LogP contribution in [0.1, 0.15) is 0 Å². The Bertz CT molecular complexity index is 852. The highest BCUT2D eigenvalue weighted by Crippen LogP contribution is 2.25. The van der Waals surface area contributed by atoms with Crippen molar-refractivity contribution in [1.29, 1.82) is 0 Å². The van der Waals surface area contributed by atoms with Crippen LogP contribution in [0.25, 0.3) is 21.7 Å². The van der Waals surface area contributed by atoms with Crippen LogP contribution < -0.4 is 5.56 Å². The van der Waals surface area contributed by atoms with Crippen molar-refractivity contribution in [2.24, 2.45) is 0 Å². The summed E-state index contributed by atoms with van der Waals surface area (Å²) in [5, 5.41) is 2.51. The summed E-state index contributed by atoms with van der Waals surface area (Å²) in [5.41, 5.74) is 0.650. The maximum absolute atomic E-state index is 12.4. The third-order valence-electron chi connectivity index (χ3n) is 3.20. The average Bonchev–Trinajstić information content (AvgIpc) is 2.44. The van der Waals surface area contributed by atoms with Gasteiger partial charge in [0.1, 0.15) is 6.29 Å². The molecule has 0 radical (unpaired) electrons. The Morgan fingerprint density at radius 2 is 1.79 bits per heavy atom. The van der Waals surface area contributed by atoms with Gasteiger partial charge in [0, 0.05) is 15.2 Å². The first-order valence-electron chi connectivity index (χ1n) is 5.87. The van der Waals surface area contributed by atoms with Crippen LogP contribution in [0.15, 0.2) is 51.7 Å². The Balaban J connectivity index is 2.61. The molecule has 0 aliphatic rings. The maximum Gasteiger partial charge on any atom is 0.259 e. The second-order valence-electron chi connectivity index (χ2n) is 4.29. The first kappa shape index (κ1) is 12.1. The van der Waals surface area contributed by atoms with E-state index in [0.29, 0.717) is 5.39 Å². The molecule has 0 amide bonds. The summed E-state index contributed by atoms with van der Waals surface area (Å²) in [5.74, 6) is 0. The number of halogens is 1. The number of aromatic nitrogens is 1. The van der Waals surface area contributed by atoms with Gasteiger partial charge >= 0.3 is 0 Å². The van der Waals surface area contributed by atoms with Gasteiger partial charge in [-0.15, -0.1) is 0 Å². The number of hydrogen-bond acceptors (Lipinski definition) is 2. The van der Waals surface area contributed by atoms with E-state index in [1.807, 2.05) is 36.4 Å². The van der Waals surface area contributed by atoms with Gasteiger partial charge in [0.25, 0.3) is 5.56 Å². The summed E-state index contributed by atoms with van der Waals surface area (Å²) in [7, 11) is 0. The fourth-order valence-electron chi connectivity index (χ4n) is 2.37. The van der Waals surface area contributed by atoms with Crippen molar-refractivity contribution in [3.8, 4) is 0 Å². The largest absolute Gasteiger partial charge is 0.301 e. The molecule has 2 aromatic carbocycles. The van der Waals surface area contributed by atoms with E-state index in [2.05, 4.69) is 15.9 Å². The maximum atomic E-state index is 12.4. The topological polar surface area (TPSA) is 39.1 Å². The second-order valence-corrected chi connectivity index (χ2v) is 5.21. The molecule has 0 aliphatic carbocycles. The average molecular weight is 316 g/mol. The highest BCUT2D eigenvalue weighted by molar-refractivity contribution is 9.10. The Morgan fingerprint density at radius 1 is 1.05 bits per heavy atom. The van der Waals surface area contributed by atoms with Crippen LogP contribution in [0.3, 0.4) is 0 Å². The van der Waals surface area contributed by atoms with Gasteiger partial charge < -0.3 is 9.36 Å². The Morgan fingerprint density at radius 3 is 2.53 bits per heavy atom. The fourth-order valence-corrected chi connectivity index (χ4v) is 2.74. The molecule has 3 rings (SSSR count).